The number of anilines is 1. The fraction of sp³-hybridized carbons (Fsp3) is 0. The van der Waals surface area contributed by atoms with Crippen molar-refractivity contribution in [2.75, 3.05) is 4.90 Å². The minimum absolute atomic E-state index is 0.320. The van der Waals surface area contributed by atoms with E-state index in [9.17, 15) is 9.59 Å². The van der Waals surface area contributed by atoms with Crippen LogP contribution in [-0.4, -0.2) is 11.8 Å². The van der Waals surface area contributed by atoms with Crippen LogP contribution in [0.1, 0.15) is 20.7 Å². The van der Waals surface area contributed by atoms with Crippen LogP contribution in [0.2, 0.25) is 0 Å². The summed E-state index contributed by atoms with van der Waals surface area (Å²) in [6.45, 7) is 0. The van der Waals surface area contributed by atoms with Crippen molar-refractivity contribution in [3.63, 3.8) is 0 Å². The van der Waals surface area contributed by atoms with E-state index in [2.05, 4.69) is 10.2 Å². The molecule has 5 heteroatoms. The Labute approximate surface area is 189 Å². The van der Waals surface area contributed by atoms with Crippen LogP contribution in [0.5, 0.6) is 0 Å². The fourth-order valence-electron chi connectivity index (χ4n) is 4.36. The second-order valence-electron chi connectivity index (χ2n) is 7.87. The van der Waals surface area contributed by atoms with Gasteiger partial charge in [-0.15, -0.1) is 0 Å². The molecule has 1 aliphatic rings. The molecule has 0 radical (unpaired) electrons. The Balaban J connectivity index is 1.44. The number of hydrogen-bond acceptors (Lipinski definition) is 4. The molecular weight excluding hydrogens is 410 g/mol. The van der Waals surface area contributed by atoms with Crippen molar-refractivity contribution >= 4 is 50.4 Å². The van der Waals surface area contributed by atoms with Gasteiger partial charge in [0, 0.05) is 10.9 Å². The van der Waals surface area contributed by atoms with Crippen molar-refractivity contribution in [3.05, 3.63) is 114 Å². The Morgan fingerprint density at radius 3 is 2.03 bits per heavy atom. The number of fused-ring (bicyclic) bond motifs is 2. The zero-order chi connectivity index (χ0) is 22.4. The smallest absolute Gasteiger partial charge is 0.266 e. The molecule has 0 fully saturated rings. The molecule has 0 aliphatic carbocycles. The molecular formula is C28H17N3O2. The molecule has 0 atom stereocenters. The zero-order valence-corrected chi connectivity index (χ0v) is 17.5. The number of carbonyl (C=O) groups excluding carboxylic acids is 2. The highest BCUT2D eigenvalue weighted by molar-refractivity contribution is 6.39. The van der Waals surface area contributed by atoms with E-state index in [-0.39, 0.29) is 11.8 Å². The van der Waals surface area contributed by atoms with E-state index >= 15 is 0 Å². The highest BCUT2D eigenvalue weighted by Gasteiger charge is 2.35. The van der Waals surface area contributed by atoms with Crippen molar-refractivity contribution in [2.24, 2.45) is 10.2 Å². The van der Waals surface area contributed by atoms with Gasteiger partial charge in [0.25, 0.3) is 11.8 Å². The van der Waals surface area contributed by atoms with Crippen LogP contribution in [0.15, 0.2) is 113 Å². The Bertz CT molecular complexity index is 1590. The van der Waals surface area contributed by atoms with Crippen LogP contribution in [0.25, 0.3) is 21.5 Å². The topological polar surface area (TPSA) is 62.1 Å². The van der Waals surface area contributed by atoms with Gasteiger partial charge in [0.1, 0.15) is 0 Å². The molecule has 0 saturated heterocycles. The average Bonchev–Trinajstić information content (AvgIpc) is 2.86. The zero-order valence-electron chi connectivity index (χ0n) is 17.5. The lowest BCUT2D eigenvalue weighted by molar-refractivity contribution is 0.0894. The van der Waals surface area contributed by atoms with Crippen molar-refractivity contribution < 1.29 is 9.59 Å². The maximum atomic E-state index is 13.7. The Morgan fingerprint density at radius 1 is 0.576 bits per heavy atom. The molecule has 0 aromatic heterocycles. The van der Waals surface area contributed by atoms with Crippen LogP contribution < -0.4 is 4.90 Å². The molecule has 6 rings (SSSR count). The summed E-state index contributed by atoms with van der Waals surface area (Å²) < 4.78 is 0. The van der Waals surface area contributed by atoms with E-state index in [1.807, 2.05) is 72.8 Å². The van der Waals surface area contributed by atoms with Crippen molar-refractivity contribution in [1.82, 2.24) is 0 Å². The normalized spacial score (nSPS) is 13.4. The molecule has 156 valence electrons. The maximum absolute atomic E-state index is 13.7. The molecule has 0 unspecified atom stereocenters. The highest BCUT2D eigenvalue weighted by Crippen LogP contribution is 2.37. The van der Waals surface area contributed by atoms with Gasteiger partial charge in [-0.05, 0) is 64.7 Å². The first-order valence-corrected chi connectivity index (χ1v) is 10.6. The number of azo groups is 1. The molecule has 5 nitrogen and oxygen atoms in total. The van der Waals surface area contributed by atoms with Crippen LogP contribution >= 0.6 is 0 Å². The minimum Gasteiger partial charge on any atom is -0.268 e. The van der Waals surface area contributed by atoms with E-state index in [1.54, 1.807) is 30.3 Å². The first-order chi connectivity index (χ1) is 16.2. The molecule has 33 heavy (non-hydrogen) atoms. The minimum atomic E-state index is -0.327. The van der Waals surface area contributed by atoms with Crippen LogP contribution in [0.3, 0.4) is 0 Å². The van der Waals surface area contributed by atoms with Crippen LogP contribution in [0.4, 0.5) is 17.1 Å². The van der Waals surface area contributed by atoms with E-state index in [1.165, 1.54) is 4.90 Å². The van der Waals surface area contributed by atoms with Gasteiger partial charge >= 0.3 is 0 Å². The second kappa shape index (κ2) is 7.50. The van der Waals surface area contributed by atoms with Crippen molar-refractivity contribution in [3.8, 4) is 0 Å². The Kier molecular flexibility index (Phi) is 4.33. The van der Waals surface area contributed by atoms with E-state index < -0.39 is 0 Å². The summed E-state index contributed by atoms with van der Waals surface area (Å²) in [5.41, 5.74) is 2.97. The highest BCUT2D eigenvalue weighted by atomic mass is 16.2. The summed E-state index contributed by atoms with van der Waals surface area (Å²) in [5.74, 6) is -0.647. The summed E-state index contributed by atoms with van der Waals surface area (Å²) in [7, 11) is 0. The SMILES string of the molecule is O=C1c2cccc3cc4ccccc4c(c23)C(=O)N1c1ccc(N=Nc2ccccc2)cc1. The van der Waals surface area contributed by atoms with Gasteiger partial charge in [-0.1, -0.05) is 54.6 Å². The molecule has 5 aromatic rings. The third kappa shape index (κ3) is 3.10. The maximum Gasteiger partial charge on any atom is 0.266 e. The standard InChI is InChI=1S/C28H17N3O2/c32-27-24-12-6-8-19-17-18-7-4-5-11-23(18)26(25(19)24)28(33)31(27)22-15-13-21(14-16-22)30-29-20-9-2-1-3-10-20/h1-17H. The number of rotatable bonds is 3. The first-order valence-electron chi connectivity index (χ1n) is 10.6. The van der Waals surface area contributed by atoms with Gasteiger partial charge in [-0.2, -0.15) is 10.2 Å². The first kappa shape index (κ1) is 19.1. The van der Waals surface area contributed by atoms with Gasteiger partial charge in [0.05, 0.1) is 22.6 Å². The number of nitrogens with zero attached hydrogens (tertiary/aromatic N) is 3. The lowest BCUT2D eigenvalue weighted by atomic mass is 9.89. The quantitative estimate of drug-likeness (QED) is 0.173. The van der Waals surface area contributed by atoms with Crippen molar-refractivity contribution in [2.45, 2.75) is 0 Å². The molecule has 0 saturated carbocycles. The number of amides is 2. The fourth-order valence-corrected chi connectivity index (χ4v) is 4.36. The third-order valence-electron chi connectivity index (χ3n) is 5.88. The molecule has 2 amide bonds. The summed E-state index contributed by atoms with van der Waals surface area (Å²) in [5, 5.41) is 11.9. The predicted octanol–water partition coefficient (Wildman–Crippen LogP) is 7.21. The van der Waals surface area contributed by atoms with E-state index in [0.29, 0.717) is 22.5 Å². The molecule has 0 bridgehead atoms. The number of imide groups is 1. The van der Waals surface area contributed by atoms with Gasteiger partial charge in [-0.25, -0.2) is 4.90 Å². The number of benzene rings is 5. The lowest BCUT2D eigenvalue weighted by Crippen LogP contribution is -2.40. The second-order valence-corrected chi connectivity index (χ2v) is 7.87. The van der Waals surface area contributed by atoms with Gasteiger partial charge < -0.3 is 0 Å². The lowest BCUT2D eigenvalue weighted by Gasteiger charge is -2.28. The summed E-state index contributed by atoms with van der Waals surface area (Å²) in [6, 6.07) is 31.8. The van der Waals surface area contributed by atoms with Gasteiger partial charge in [-0.3, -0.25) is 9.59 Å². The van der Waals surface area contributed by atoms with Gasteiger partial charge in [0.2, 0.25) is 0 Å². The largest absolute Gasteiger partial charge is 0.268 e. The Hall–Kier alpha value is -4.64. The van der Waals surface area contributed by atoms with E-state index in [4.69, 9.17) is 0 Å². The molecule has 5 aromatic carbocycles. The Morgan fingerprint density at radius 2 is 1.24 bits per heavy atom. The van der Waals surface area contributed by atoms with E-state index in [0.717, 1.165) is 27.2 Å². The molecule has 1 heterocycles. The monoisotopic (exact) mass is 427 g/mol. The number of carbonyl (C=O) groups is 2. The van der Waals surface area contributed by atoms with Crippen LogP contribution in [-0.2, 0) is 0 Å². The van der Waals surface area contributed by atoms with Crippen molar-refractivity contribution in [1.29, 1.82) is 0 Å². The average molecular weight is 427 g/mol. The predicted molar refractivity (Wildman–Crippen MR) is 130 cm³/mol. The third-order valence-corrected chi connectivity index (χ3v) is 5.88. The summed E-state index contributed by atoms with van der Waals surface area (Å²) >= 11 is 0. The summed E-state index contributed by atoms with van der Waals surface area (Å²) in [4.78, 5) is 28.3. The molecule has 0 N–H and O–H groups in total. The van der Waals surface area contributed by atoms with Crippen LogP contribution in [0, 0.1) is 0 Å². The molecule has 0 spiro atoms. The summed E-state index contributed by atoms with van der Waals surface area (Å²) in [6.07, 6.45) is 0. The number of hydrogen-bond donors (Lipinski definition) is 0. The van der Waals surface area contributed by atoms with Gasteiger partial charge in [0.15, 0.2) is 0 Å². The molecule has 1 aliphatic heterocycles.